The van der Waals surface area contributed by atoms with Crippen LogP contribution in [0.15, 0.2) is 34.2 Å². The normalized spacial score (nSPS) is 16.1. The molecule has 2 aromatic rings. The summed E-state index contributed by atoms with van der Waals surface area (Å²) in [7, 11) is 1.53. The van der Waals surface area contributed by atoms with Crippen LogP contribution in [0.3, 0.4) is 0 Å². The van der Waals surface area contributed by atoms with Gasteiger partial charge in [0, 0.05) is 28.7 Å². The second-order valence-corrected chi connectivity index (χ2v) is 8.87. The van der Waals surface area contributed by atoms with Gasteiger partial charge in [0.05, 0.1) is 24.5 Å². The third kappa shape index (κ3) is 4.30. The first-order chi connectivity index (χ1) is 12.7. The molecule has 2 heterocycles. The largest absolute Gasteiger partial charge is 0.495 e. The number of halogens is 1. The SMILES string of the molecule is COc1ccc(Cl)cc1NC(=O)CC1CSc2nc(C(C)(C)C)cc(=O)n21. The first kappa shape index (κ1) is 19.8. The van der Waals surface area contributed by atoms with Crippen LogP contribution in [0, 0.1) is 0 Å². The van der Waals surface area contributed by atoms with Crippen LogP contribution >= 0.6 is 23.4 Å². The van der Waals surface area contributed by atoms with E-state index in [1.807, 2.05) is 20.8 Å². The minimum absolute atomic E-state index is 0.118. The summed E-state index contributed by atoms with van der Waals surface area (Å²) in [5, 5.41) is 4.00. The number of fused-ring (bicyclic) bond motifs is 1. The van der Waals surface area contributed by atoms with Gasteiger partial charge in [-0.3, -0.25) is 14.2 Å². The van der Waals surface area contributed by atoms with Crippen LogP contribution in [0.4, 0.5) is 5.69 Å². The zero-order valence-electron chi connectivity index (χ0n) is 15.7. The Morgan fingerprint density at radius 3 is 2.81 bits per heavy atom. The molecule has 144 valence electrons. The Morgan fingerprint density at radius 2 is 2.15 bits per heavy atom. The van der Waals surface area contributed by atoms with Gasteiger partial charge >= 0.3 is 0 Å². The van der Waals surface area contributed by atoms with Gasteiger partial charge in [-0.2, -0.15) is 0 Å². The van der Waals surface area contributed by atoms with Gasteiger partial charge in [-0.1, -0.05) is 44.1 Å². The smallest absolute Gasteiger partial charge is 0.254 e. The van der Waals surface area contributed by atoms with Crippen molar-refractivity contribution in [3.05, 3.63) is 45.3 Å². The lowest BCUT2D eigenvalue weighted by Crippen LogP contribution is -2.29. The van der Waals surface area contributed by atoms with Gasteiger partial charge in [0.2, 0.25) is 5.91 Å². The van der Waals surface area contributed by atoms with Crippen molar-refractivity contribution in [1.82, 2.24) is 9.55 Å². The molecule has 0 saturated heterocycles. The summed E-state index contributed by atoms with van der Waals surface area (Å²) in [6, 6.07) is 6.36. The maximum atomic E-state index is 12.6. The number of carbonyl (C=O) groups excluding carboxylic acids is 1. The van der Waals surface area contributed by atoms with Crippen LogP contribution in [0.1, 0.15) is 38.9 Å². The van der Waals surface area contributed by atoms with E-state index in [4.69, 9.17) is 16.3 Å². The molecule has 8 heteroatoms. The Bertz CT molecular complexity index is 937. The molecule has 1 aromatic heterocycles. The van der Waals surface area contributed by atoms with Gasteiger partial charge in [-0.05, 0) is 18.2 Å². The number of hydrogen-bond acceptors (Lipinski definition) is 5. The fraction of sp³-hybridized carbons (Fsp3) is 0.421. The Kier molecular flexibility index (Phi) is 5.53. The van der Waals surface area contributed by atoms with Gasteiger partial charge in [0.15, 0.2) is 5.16 Å². The van der Waals surface area contributed by atoms with E-state index in [0.717, 1.165) is 5.69 Å². The predicted molar refractivity (Wildman–Crippen MR) is 108 cm³/mol. The molecule has 0 fully saturated rings. The molecule has 1 amide bonds. The van der Waals surface area contributed by atoms with E-state index >= 15 is 0 Å². The predicted octanol–water partition coefficient (Wildman–Crippen LogP) is 3.88. The first-order valence-corrected chi connectivity index (χ1v) is 9.95. The van der Waals surface area contributed by atoms with E-state index in [-0.39, 0.29) is 29.3 Å². The number of thioether (sulfide) groups is 1. The highest BCUT2D eigenvalue weighted by molar-refractivity contribution is 7.99. The zero-order valence-corrected chi connectivity index (χ0v) is 17.3. The summed E-state index contributed by atoms with van der Waals surface area (Å²) < 4.78 is 6.87. The molecule has 3 rings (SSSR count). The Balaban J connectivity index is 1.79. The lowest BCUT2D eigenvalue weighted by atomic mass is 9.92. The van der Waals surface area contributed by atoms with Crippen LogP contribution < -0.4 is 15.6 Å². The zero-order chi connectivity index (χ0) is 19.8. The number of methoxy groups -OCH3 is 1. The first-order valence-electron chi connectivity index (χ1n) is 8.59. The summed E-state index contributed by atoms with van der Waals surface area (Å²) >= 11 is 7.51. The lowest BCUT2D eigenvalue weighted by molar-refractivity contribution is -0.116. The van der Waals surface area contributed by atoms with Crippen LogP contribution in [-0.2, 0) is 10.2 Å². The van der Waals surface area contributed by atoms with Crippen molar-refractivity contribution in [2.45, 2.75) is 43.8 Å². The van der Waals surface area contributed by atoms with Crippen LogP contribution in [0.25, 0.3) is 0 Å². The number of hydrogen-bond donors (Lipinski definition) is 1. The average Bonchev–Trinajstić information content (AvgIpc) is 2.97. The molecule has 0 radical (unpaired) electrons. The molecule has 0 saturated carbocycles. The molecule has 1 aromatic carbocycles. The molecule has 0 spiro atoms. The lowest BCUT2D eigenvalue weighted by Gasteiger charge is -2.19. The standard InChI is InChI=1S/C19H22ClN3O3S/c1-19(2,3)15-9-17(25)23-12(10-27-18(23)22-15)8-16(24)21-13-7-11(20)5-6-14(13)26-4/h5-7,9,12H,8,10H2,1-4H3,(H,21,24). The van der Waals surface area contributed by atoms with E-state index < -0.39 is 0 Å². The summed E-state index contributed by atoms with van der Waals surface area (Å²) in [5.74, 6) is 0.957. The van der Waals surface area contributed by atoms with Crippen LogP contribution in [-0.4, -0.2) is 28.3 Å². The summed E-state index contributed by atoms with van der Waals surface area (Å²) in [5.41, 5.74) is 0.955. The van der Waals surface area contributed by atoms with Crippen molar-refractivity contribution in [2.75, 3.05) is 18.2 Å². The third-order valence-electron chi connectivity index (χ3n) is 4.31. The topological polar surface area (TPSA) is 73.2 Å². The second-order valence-electron chi connectivity index (χ2n) is 7.44. The van der Waals surface area contributed by atoms with E-state index in [1.165, 1.54) is 18.9 Å². The van der Waals surface area contributed by atoms with Crippen molar-refractivity contribution in [1.29, 1.82) is 0 Å². The maximum Gasteiger partial charge on any atom is 0.254 e. The van der Waals surface area contributed by atoms with Crippen LogP contribution in [0.2, 0.25) is 5.02 Å². The van der Waals surface area contributed by atoms with Gasteiger partial charge in [0.25, 0.3) is 5.56 Å². The van der Waals surface area contributed by atoms with E-state index in [9.17, 15) is 9.59 Å². The highest BCUT2D eigenvalue weighted by Gasteiger charge is 2.29. The number of aromatic nitrogens is 2. The Hall–Kier alpha value is -1.99. The number of nitrogens with zero attached hydrogens (tertiary/aromatic N) is 2. The minimum atomic E-state index is -0.232. The number of benzene rings is 1. The van der Waals surface area contributed by atoms with Crippen LogP contribution in [0.5, 0.6) is 5.75 Å². The molecule has 1 N–H and O–H groups in total. The van der Waals surface area contributed by atoms with Crippen molar-refractivity contribution < 1.29 is 9.53 Å². The molecule has 0 aliphatic carbocycles. The number of amides is 1. The number of ether oxygens (including phenoxy) is 1. The molecule has 1 aliphatic rings. The highest BCUT2D eigenvalue weighted by atomic mass is 35.5. The summed E-state index contributed by atoms with van der Waals surface area (Å²) in [6.45, 7) is 6.07. The molecule has 1 unspecified atom stereocenters. The van der Waals surface area contributed by atoms with E-state index in [2.05, 4.69) is 10.3 Å². The third-order valence-corrected chi connectivity index (χ3v) is 5.65. The van der Waals surface area contributed by atoms with Gasteiger partial charge in [-0.25, -0.2) is 4.98 Å². The second kappa shape index (κ2) is 7.56. The van der Waals surface area contributed by atoms with Gasteiger partial charge in [-0.15, -0.1) is 0 Å². The summed E-state index contributed by atoms with van der Waals surface area (Å²) in [6.07, 6.45) is 0.173. The molecule has 0 bridgehead atoms. The monoisotopic (exact) mass is 407 g/mol. The summed E-state index contributed by atoms with van der Waals surface area (Å²) in [4.78, 5) is 29.8. The fourth-order valence-electron chi connectivity index (χ4n) is 2.88. The number of anilines is 1. The van der Waals surface area contributed by atoms with Gasteiger partial charge in [0.1, 0.15) is 5.75 Å². The van der Waals surface area contributed by atoms with Crippen molar-refractivity contribution in [3.63, 3.8) is 0 Å². The quantitative estimate of drug-likeness (QED) is 0.778. The Labute approximate surface area is 167 Å². The fourth-order valence-corrected chi connectivity index (χ4v) is 4.20. The van der Waals surface area contributed by atoms with E-state index in [1.54, 1.807) is 28.8 Å². The molecule has 1 aliphatic heterocycles. The average molecular weight is 408 g/mol. The molecule has 27 heavy (non-hydrogen) atoms. The number of carbonyl (C=O) groups is 1. The molecule has 6 nitrogen and oxygen atoms in total. The molecular formula is C19H22ClN3O3S. The molecule has 1 atom stereocenters. The number of nitrogens with one attached hydrogen (secondary N) is 1. The molecular weight excluding hydrogens is 386 g/mol. The van der Waals surface area contributed by atoms with Gasteiger partial charge < -0.3 is 10.1 Å². The Morgan fingerprint density at radius 1 is 1.41 bits per heavy atom. The van der Waals surface area contributed by atoms with Crippen molar-refractivity contribution in [2.24, 2.45) is 0 Å². The maximum absolute atomic E-state index is 12.6. The van der Waals surface area contributed by atoms with Crippen molar-refractivity contribution in [3.8, 4) is 5.75 Å². The van der Waals surface area contributed by atoms with E-state index in [0.29, 0.717) is 27.4 Å². The number of rotatable bonds is 4. The van der Waals surface area contributed by atoms with Crippen molar-refractivity contribution >= 4 is 35.0 Å². The minimum Gasteiger partial charge on any atom is -0.495 e. The highest BCUT2D eigenvalue weighted by Crippen LogP contribution is 2.34.